The smallest absolute Gasteiger partial charge is 0.155 e. The van der Waals surface area contributed by atoms with Crippen molar-refractivity contribution in [3.63, 3.8) is 0 Å². The zero-order valence-corrected chi connectivity index (χ0v) is 13.5. The normalized spacial score (nSPS) is 60.9. The van der Waals surface area contributed by atoms with Crippen LogP contribution in [0.5, 0.6) is 0 Å². The van der Waals surface area contributed by atoms with E-state index in [2.05, 4.69) is 12.3 Å². The first-order chi connectivity index (χ1) is 13.8. The molecule has 2 heteroatoms. The molecule has 3 fully saturated rings. The zero-order chi connectivity index (χ0) is 22.3. The Morgan fingerprint density at radius 2 is 2.30 bits per heavy atom. The van der Waals surface area contributed by atoms with Crippen LogP contribution in [0.1, 0.15) is 74.2 Å². The topological polar surface area (TPSA) is 37.3 Å². The summed E-state index contributed by atoms with van der Waals surface area (Å²) in [5.41, 5.74) is -2.04. The average Bonchev–Trinajstić information content (AvgIpc) is 2.92. The monoisotopic (exact) mass is 319 g/mol. The molecular weight excluding hydrogens is 284 g/mol. The minimum Gasteiger partial charge on any atom is -0.377 e. The molecule has 0 aromatic carbocycles. The lowest BCUT2D eigenvalue weighted by molar-refractivity contribution is -0.117. The molecule has 0 radical (unpaired) electrons. The van der Waals surface area contributed by atoms with Crippen molar-refractivity contribution in [2.75, 3.05) is 0 Å². The van der Waals surface area contributed by atoms with E-state index in [1.165, 1.54) is 0 Å². The highest BCUT2D eigenvalue weighted by Crippen LogP contribution is 2.66. The molecule has 0 aromatic heterocycles. The number of carbonyl (C=O) groups excluding carboxylic acids is 1. The highest BCUT2D eigenvalue weighted by Gasteiger charge is 2.63. The van der Waals surface area contributed by atoms with Crippen LogP contribution in [0.4, 0.5) is 0 Å². The summed E-state index contributed by atoms with van der Waals surface area (Å²) >= 11 is 0. The fourth-order valence-electron chi connectivity index (χ4n) is 5.95. The molecule has 4 rings (SSSR count). The Balaban J connectivity index is 1.85. The molecule has 4 aliphatic rings. The Morgan fingerprint density at radius 1 is 1.43 bits per heavy atom. The Bertz CT molecular complexity index is 888. The van der Waals surface area contributed by atoms with Crippen LogP contribution >= 0.6 is 0 Å². The van der Waals surface area contributed by atoms with Crippen LogP contribution in [-0.2, 0) is 4.79 Å². The van der Waals surface area contributed by atoms with E-state index in [0.717, 1.165) is 0 Å². The molecule has 124 valence electrons. The van der Waals surface area contributed by atoms with E-state index in [0.29, 0.717) is 32.1 Å². The SMILES string of the molecule is [2H]C#C[C@]1(O)CC[C@H]2[C@@H]3CC([2H])([2H])C4=C([2H])C(=O)C([2H])([2H])C[C@]4([2H])[C@H]3CC[C@@]21CC. The molecular formula is C21H28O2. The number of hydrogen-bond acceptors (Lipinski definition) is 2. The molecule has 0 spiro atoms. The van der Waals surface area contributed by atoms with Crippen molar-refractivity contribution < 1.29 is 19.5 Å². The van der Waals surface area contributed by atoms with Gasteiger partial charge in [-0.2, -0.15) is 0 Å². The molecule has 0 amide bonds. The summed E-state index contributed by atoms with van der Waals surface area (Å²) in [5.74, 6) is -0.711. The van der Waals surface area contributed by atoms with E-state index in [1.807, 2.05) is 6.92 Å². The van der Waals surface area contributed by atoms with Gasteiger partial charge < -0.3 is 5.11 Å². The third kappa shape index (κ3) is 1.96. The van der Waals surface area contributed by atoms with E-state index >= 15 is 0 Å². The molecule has 0 aliphatic heterocycles. The summed E-state index contributed by atoms with van der Waals surface area (Å²) in [6.45, 7) is 1.98. The van der Waals surface area contributed by atoms with E-state index in [4.69, 9.17) is 8.22 Å². The first-order valence-electron chi connectivity index (χ1n) is 12.2. The summed E-state index contributed by atoms with van der Waals surface area (Å²) in [7, 11) is 0. The minimum absolute atomic E-state index is 0.0586. The largest absolute Gasteiger partial charge is 0.377 e. The molecule has 0 aromatic rings. The molecule has 2 nitrogen and oxygen atoms in total. The fraction of sp³-hybridized carbons (Fsp3) is 0.762. The third-order valence-corrected chi connectivity index (χ3v) is 7.08. The second-order valence-electron chi connectivity index (χ2n) is 7.54. The van der Waals surface area contributed by atoms with Gasteiger partial charge in [0.2, 0.25) is 0 Å². The van der Waals surface area contributed by atoms with Crippen molar-refractivity contribution >= 4 is 5.78 Å². The predicted molar refractivity (Wildman–Crippen MR) is 90.5 cm³/mol. The maximum atomic E-state index is 12.4. The van der Waals surface area contributed by atoms with Crippen molar-refractivity contribution in [1.82, 2.24) is 0 Å². The van der Waals surface area contributed by atoms with Crippen LogP contribution in [0.15, 0.2) is 11.6 Å². The lowest BCUT2D eigenvalue weighted by Gasteiger charge is -2.55. The fourth-order valence-corrected chi connectivity index (χ4v) is 5.95. The van der Waals surface area contributed by atoms with Crippen molar-refractivity contribution in [3.05, 3.63) is 11.6 Å². The molecule has 23 heavy (non-hydrogen) atoms. The molecule has 0 bridgehead atoms. The molecule has 0 saturated heterocycles. The van der Waals surface area contributed by atoms with E-state index in [-0.39, 0.29) is 29.7 Å². The van der Waals surface area contributed by atoms with Crippen LogP contribution in [0.2, 0.25) is 0 Å². The number of hydrogen-bond donors (Lipinski definition) is 1. The second kappa shape index (κ2) is 5.21. The van der Waals surface area contributed by atoms with Crippen LogP contribution in [0, 0.1) is 41.4 Å². The molecule has 4 aliphatic carbocycles. The first-order valence-corrected chi connectivity index (χ1v) is 8.72. The van der Waals surface area contributed by atoms with Gasteiger partial charge in [-0.25, -0.2) is 0 Å². The van der Waals surface area contributed by atoms with Gasteiger partial charge in [0.15, 0.2) is 5.78 Å². The zero-order valence-electron chi connectivity index (χ0n) is 20.5. The quantitative estimate of drug-likeness (QED) is 0.745. The lowest BCUT2D eigenvalue weighted by Crippen LogP contribution is -2.53. The van der Waals surface area contributed by atoms with E-state index in [1.54, 1.807) is 0 Å². The molecule has 0 unspecified atom stereocenters. The Kier molecular flexibility index (Phi) is 2.14. The van der Waals surface area contributed by atoms with E-state index < -0.39 is 47.9 Å². The van der Waals surface area contributed by atoms with E-state index in [9.17, 15) is 11.3 Å². The van der Waals surface area contributed by atoms with Crippen LogP contribution in [0.3, 0.4) is 0 Å². The summed E-state index contributed by atoms with van der Waals surface area (Å²) in [6.07, 6.45) is 0.0378. The second-order valence-corrected chi connectivity index (χ2v) is 7.54. The maximum absolute atomic E-state index is 12.4. The van der Waals surface area contributed by atoms with Gasteiger partial charge in [-0.3, -0.25) is 4.79 Å². The summed E-state index contributed by atoms with van der Waals surface area (Å²) in [6, 6.07) is -0.667. The average molecular weight is 319 g/mol. The molecule has 6 atom stereocenters. The summed E-state index contributed by atoms with van der Waals surface area (Å²) in [4.78, 5) is 12.4. The van der Waals surface area contributed by atoms with Crippen LogP contribution in [-0.4, -0.2) is 16.5 Å². The standard InChI is InChI=1S/C21H28O2/c1-3-20-11-9-17-16-8-6-15(22)13-14(16)5-7-18(17)19(20)10-12-21(20,23)4-2/h2,13,16-19,23H,3,5-12H2,1H3/t16-,17+,18+,19-,20-,21-/m0/s1/i2D,5D2,6D2,13D,16D. The third-order valence-electron chi connectivity index (χ3n) is 7.08. The summed E-state index contributed by atoms with van der Waals surface area (Å²) < 4.78 is 58.4. The van der Waals surface area contributed by atoms with Crippen molar-refractivity contribution in [2.24, 2.45) is 29.1 Å². The van der Waals surface area contributed by atoms with Gasteiger partial charge in [-0.05, 0) is 81.0 Å². The van der Waals surface area contributed by atoms with Gasteiger partial charge in [-0.1, -0.05) is 18.4 Å². The number of allylic oxidation sites excluding steroid dienone is 1. The van der Waals surface area contributed by atoms with Gasteiger partial charge >= 0.3 is 0 Å². The van der Waals surface area contributed by atoms with Crippen molar-refractivity contribution in [2.45, 2.75) is 70.2 Å². The van der Waals surface area contributed by atoms with Gasteiger partial charge in [0.05, 0.1) is 1.37 Å². The van der Waals surface area contributed by atoms with Crippen LogP contribution < -0.4 is 0 Å². The van der Waals surface area contributed by atoms with Gasteiger partial charge in [0, 0.05) is 18.6 Å². The van der Waals surface area contributed by atoms with Gasteiger partial charge in [-0.15, -0.1) is 6.40 Å². The highest BCUT2D eigenvalue weighted by atomic mass is 16.3. The first kappa shape index (κ1) is 9.42. The predicted octanol–water partition coefficient (Wildman–Crippen LogP) is 3.88. The molecule has 1 N–H and O–H groups in total. The van der Waals surface area contributed by atoms with Crippen molar-refractivity contribution in [3.8, 4) is 12.3 Å². The van der Waals surface area contributed by atoms with Crippen molar-refractivity contribution in [1.29, 1.82) is 0 Å². The highest BCUT2D eigenvalue weighted by molar-refractivity contribution is 5.91. The molecule has 3 saturated carbocycles. The maximum Gasteiger partial charge on any atom is 0.155 e. The van der Waals surface area contributed by atoms with Crippen LogP contribution in [0.25, 0.3) is 0 Å². The van der Waals surface area contributed by atoms with Gasteiger partial charge in [0.1, 0.15) is 6.97 Å². The minimum atomic E-state index is -2.35. The Morgan fingerprint density at radius 3 is 3.09 bits per heavy atom. The number of rotatable bonds is 1. The summed E-state index contributed by atoms with van der Waals surface area (Å²) in [5, 5.41) is 11.3. The lowest BCUT2D eigenvalue weighted by atomic mass is 9.49. The number of terminal acetylenes is 1. The number of fused-ring (bicyclic) bond motifs is 5. The molecule has 0 heterocycles. The number of carbonyl (C=O) groups is 1. The Hall–Kier alpha value is -1.07. The number of aliphatic hydroxyl groups is 1. The number of ketones is 1. The van der Waals surface area contributed by atoms with Gasteiger partial charge in [0.25, 0.3) is 0 Å². The Labute approximate surface area is 149 Å².